The second kappa shape index (κ2) is 9.75. The monoisotopic (exact) mass is 453 g/mol. The van der Waals surface area contributed by atoms with E-state index in [1.807, 2.05) is 35.0 Å². The van der Waals surface area contributed by atoms with Gasteiger partial charge >= 0.3 is 0 Å². The Bertz CT molecular complexity index is 969. The van der Waals surface area contributed by atoms with E-state index < -0.39 is 0 Å². The van der Waals surface area contributed by atoms with Gasteiger partial charge < -0.3 is 9.80 Å². The lowest BCUT2D eigenvalue weighted by atomic mass is 9.89. The smallest absolute Gasteiger partial charge is 0.239 e. The summed E-state index contributed by atoms with van der Waals surface area (Å²) < 4.78 is 0. The predicted octanol–water partition coefficient (Wildman–Crippen LogP) is 4.11. The molecule has 0 bridgehead atoms. The molecule has 6 heteroatoms. The molecule has 1 aromatic heterocycles. The van der Waals surface area contributed by atoms with E-state index in [0.29, 0.717) is 13.1 Å². The fraction of sp³-hybridized carbons (Fsp3) is 0.538. The molecule has 2 unspecified atom stereocenters. The van der Waals surface area contributed by atoms with Crippen LogP contribution < -0.4 is 0 Å². The molecule has 0 N–H and O–H groups in total. The van der Waals surface area contributed by atoms with Gasteiger partial charge in [0.15, 0.2) is 0 Å². The number of thiophene rings is 1. The summed E-state index contributed by atoms with van der Waals surface area (Å²) in [5.41, 5.74) is 3.90. The second-order valence-corrected chi connectivity index (χ2v) is 10.4. The van der Waals surface area contributed by atoms with Crippen molar-refractivity contribution in [2.45, 2.75) is 52.6 Å². The Morgan fingerprint density at radius 1 is 0.906 bits per heavy atom. The zero-order valence-corrected chi connectivity index (χ0v) is 20.5. The van der Waals surface area contributed by atoms with Gasteiger partial charge in [0.05, 0.1) is 12.1 Å². The van der Waals surface area contributed by atoms with Crippen LogP contribution in [0.2, 0.25) is 0 Å². The van der Waals surface area contributed by atoms with Crippen molar-refractivity contribution in [3.63, 3.8) is 0 Å². The Kier molecular flexibility index (Phi) is 7.01. The van der Waals surface area contributed by atoms with Crippen LogP contribution in [0, 0.1) is 12.8 Å². The van der Waals surface area contributed by atoms with Crippen LogP contribution in [0.4, 0.5) is 0 Å². The minimum atomic E-state index is -0.208. The molecule has 2 amide bonds. The van der Waals surface area contributed by atoms with E-state index in [0.717, 1.165) is 32.5 Å². The minimum Gasteiger partial charge on any atom is -0.341 e. The van der Waals surface area contributed by atoms with Crippen LogP contribution in [0.15, 0.2) is 35.7 Å². The number of hydrogen-bond acceptors (Lipinski definition) is 4. The Labute approximate surface area is 196 Å². The van der Waals surface area contributed by atoms with Crippen molar-refractivity contribution in [2.75, 3.05) is 32.7 Å². The summed E-state index contributed by atoms with van der Waals surface area (Å²) in [4.78, 5) is 33.8. The summed E-state index contributed by atoms with van der Waals surface area (Å²) in [7, 11) is 0. The first-order chi connectivity index (χ1) is 15.4. The fourth-order valence-corrected chi connectivity index (χ4v) is 6.03. The maximum atomic E-state index is 13.7. The highest BCUT2D eigenvalue weighted by Gasteiger charge is 2.37. The van der Waals surface area contributed by atoms with E-state index in [4.69, 9.17) is 0 Å². The summed E-state index contributed by atoms with van der Waals surface area (Å²) in [6, 6.07) is 10.7. The molecule has 5 nitrogen and oxygen atoms in total. The van der Waals surface area contributed by atoms with Crippen molar-refractivity contribution >= 4 is 23.2 Å². The first-order valence-corrected chi connectivity index (χ1v) is 12.7. The summed E-state index contributed by atoms with van der Waals surface area (Å²) in [5, 5.41) is 2.18. The van der Waals surface area contributed by atoms with Gasteiger partial charge in [-0.2, -0.15) is 0 Å². The molecule has 2 aromatic rings. The van der Waals surface area contributed by atoms with E-state index in [-0.39, 0.29) is 29.8 Å². The number of hydrogen-bond donors (Lipinski definition) is 0. The molecule has 1 aromatic carbocycles. The predicted molar refractivity (Wildman–Crippen MR) is 130 cm³/mol. The Morgan fingerprint density at radius 2 is 1.59 bits per heavy atom. The number of carbonyl (C=O) groups excluding carboxylic acids is 2. The maximum Gasteiger partial charge on any atom is 0.239 e. The van der Waals surface area contributed by atoms with Crippen LogP contribution in [0.3, 0.4) is 0 Å². The van der Waals surface area contributed by atoms with Gasteiger partial charge in [-0.1, -0.05) is 38.1 Å². The molecular weight excluding hydrogens is 418 g/mol. The quantitative estimate of drug-likeness (QED) is 0.700. The molecule has 172 valence electrons. The number of nitrogens with zero attached hydrogens (tertiary/aromatic N) is 3. The SMILES string of the molecule is Cc1ccccc1C1c2ccsc2CCN1C(C)C(=O)N1CCCN(C(=O)C(C)C)CC1. The minimum absolute atomic E-state index is 0.000739. The summed E-state index contributed by atoms with van der Waals surface area (Å²) in [5.74, 6) is 0.369. The standard InChI is InChI=1S/C26H35N3O2S/c1-18(2)25(30)27-12-7-13-28(16-15-27)26(31)20(4)29-14-10-23-22(11-17-32-23)24(29)21-9-6-5-8-19(21)3/h5-6,8-9,11,17-18,20,24H,7,10,12-16H2,1-4H3. The Morgan fingerprint density at radius 3 is 2.28 bits per heavy atom. The largest absolute Gasteiger partial charge is 0.341 e. The van der Waals surface area contributed by atoms with Crippen molar-refractivity contribution < 1.29 is 9.59 Å². The van der Waals surface area contributed by atoms with Gasteiger partial charge in [-0.25, -0.2) is 0 Å². The number of rotatable bonds is 4. The van der Waals surface area contributed by atoms with Crippen molar-refractivity contribution in [1.29, 1.82) is 0 Å². The topological polar surface area (TPSA) is 43.9 Å². The molecule has 1 fully saturated rings. The van der Waals surface area contributed by atoms with Gasteiger partial charge in [-0.3, -0.25) is 14.5 Å². The molecule has 1 saturated heterocycles. The zero-order valence-electron chi connectivity index (χ0n) is 19.7. The lowest BCUT2D eigenvalue weighted by Crippen LogP contribution is -2.51. The van der Waals surface area contributed by atoms with Gasteiger partial charge in [-0.15, -0.1) is 11.3 Å². The van der Waals surface area contributed by atoms with Gasteiger partial charge in [-0.05, 0) is 54.8 Å². The molecule has 0 aliphatic carbocycles. The van der Waals surface area contributed by atoms with Crippen molar-refractivity contribution in [3.8, 4) is 0 Å². The van der Waals surface area contributed by atoms with E-state index >= 15 is 0 Å². The molecule has 4 rings (SSSR count). The Hall–Kier alpha value is -2.18. The number of benzene rings is 1. The van der Waals surface area contributed by atoms with E-state index in [2.05, 4.69) is 54.5 Å². The molecule has 3 heterocycles. The number of aryl methyl sites for hydroxylation is 1. The van der Waals surface area contributed by atoms with Gasteiger partial charge in [0, 0.05) is 43.5 Å². The summed E-state index contributed by atoms with van der Waals surface area (Å²) in [6.45, 7) is 11.7. The molecule has 0 radical (unpaired) electrons. The van der Waals surface area contributed by atoms with E-state index in [9.17, 15) is 9.59 Å². The fourth-order valence-electron chi connectivity index (χ4n) is 5.12. The van der Waals surface area contributed by atoms with Crippen molar-refractivity contribution in [1.82, 2.24) is 14.7 Å². The van der Waals surface area contributed by atoms with Crippen LogP contribution in [-0.2, 0) is 16.0 Å². The third-order valence-electron chi connectivity index (χ3n) is 6.95. The zero-order chi connectivity index (χ0) is 22.8. The average molecular weight is 454 g/mol. The van der Waals surface area contributed by atoms with Crippen LogP contribution >= 0.6 is 11.3 Å². The first-order valence-electron chi connectivity index (χ1n) is 11.8. The average Bonchev–Trinajstić information content (AvgIpc) is 3.13. The van der Waals surface area contributed by atoms with Gasteiger partial charge in [0.25, 0.3) is 0 Å². The van der Waals surface area contributed by atoms with Crippen LogP contribution in [0.1, 0.15) is 54.8 Å². The van der Waals surface area contributed by atoms with E-state index in [1.165, 1.54) is 21.6 Å². The lowest BCUT2D eigenvalue weighted by Gasteiger charge is -2.41. The molecule has 0 saturated carbocycles. The van der Waals surface area contributed by atoms with Crippen LogP contribution in [-0.4, -0.2) is 65.3 Å². The first kappa shape index (κ1) is 23.0. The Balaban J connectivity index is 1.55. The normalized spacial score (nSPS) is 20.7. The van der Waals surface area contributed by atoms with Gasteiger partial charge in [0.2, 0.25) is 11.8 Å². The highest BCUT2D eigenvalue weighted by atomic mass is 32.1. The molecular formula is C26H35N3O2S. The molecule has 0 spiro atoms. The lowest BCUT2D eigenvalue weighted by molar-refractivity contribution is -0.138. The number of fused-ring (bicyclic) bond motifs is 1. The van der Waals surface area contributed by atoms with E-state index in [1.54, 1.807) is 0 Å². The molecule has 2 aliphatic heterocycles. The van der Waals surface area contributed by atoms with Crippen molar-refractivity contribution in [3.05, 3.63) is 57.3 Å². The summed E-state index contributed by atoms with van der Waals surface area (Å²) >= 11 is 1.83. The molecule has 2 aliphatic rings. The summed E-state index contributed by atoms with van der Waals surface area (Å²) in [6.07, 6.45) is 1.83. The molecule has 32 heavy (non-hydrogen) atoms. The highest BCUT2D eigenvalue weighted by molar-refractivity contribution is 7.10. The number of amides is 2. The molecule has 2 atom stereocenters. The van der Waals surface area contributed by atoms with Crippen molar-refractivity contribution in [2.24, 2.45) is 5.92 Å². The number of carbonyl (C=O) groups is 2. The van der Waals surface area contributed by atoms with Crippen LogP contribution in [0.5, 0.6) is 0 Å². The van der Waals surface area contributed by atoms with Crippen LogP contribution in [0.25, 0.3) is 0 Å². The second-order valence-electron chi connectivity index (χ2n) is 9.38. The highest BCUT2D eigenvalue weighted by Crippen LogP contribution is 2.40. The van der Waals surface area contributed by atoms with Gasteiger partial charge in [0.1, 0.15) is 0 Å². The third-order valence-corrected chi connectivity index (χ3v) is 7.95. The maximum absolute atomic E-state index is 13.7. The third kappa shape index (κ3) is 4.48.